The largest absolute Gasteiger partial charge is 0.446 e. The SMILES string of the molecule is C[C@H](F)[C@H](C)NC(=O)O[C@@H]1CC[C@H](c2cc(NC(=O)Cc3cnn(C)c3)n[nH]2)C1. The fourth-order valence-corrected chi connectivity index (χ4v) is 3.36. The van der Waals surface area contributed by atoms with Crippen LogP contribution < -0.4 is 10.6 Å². The Kier molecular flexibility index (Phi) is 6.50. The molecule has 4 atom stereocenters. The van der Waals surface area contributed by atoms with Crippen LogP contribution in [0.2, 0.25) is 0 Å². The number of nitrogens with zero attached hydrogens (tertiary/aromatic N) is 3. The molecule has 2 aromatic heterocycles. The number of hydrogen-bond donors (Lipinski definition) is 3. The van der Waals surface area contributed by atoms with Crippen molar-refractivity contribution in [1.29, 1.82) is 0 Å². The zero-order valence-electron chi connectivity index (χ0n) is 16.8. The first-order valence-corrected chi connectivity index (χ1v) is 9.74. The quantitative estimate of drug-likeness (QED) is 0.653. The van der Waals surface area contributed by atoms with Gasteiger partial charge < -0.3 is 15.4 Å². The first kappa shape index (κ1) is 20.8. The number of halogens is 1. The van der Waals surface area contributed by atoms with Crippen molar-refractivity contribution in [3.05, 3.63) is 29.7 Å². The van der Waals surface area contributed by atoms with Crippen LogP contribution in [0.3, 0.4) is 0 Å². The number of carbonyl (C=O) groups excluding carboxylic acids is 2. The fraction of sp³-hybridized carbons (Fsp3) is 0.579. The van der Waals surface area contributed by atoms with Gasteiger partial charge in [0.25, 0.3) is 0 Å². The highest BCUT2D eigenvalue weighted by Crippen LogP contribution is 2.35. The van der Waals surface area contributed by atoms with Crippen LogP contribution in [0.15, 0.2) is 18.5 Å². The van der Waals surface area contributed by atoms with Gasteiger partial charge in [-0.25, -0.2) is 9.18 Å². The van der Waals surface area contributed by atoms with Gasteiger partial charge in [0.2, 0.25) is 5.91 Å². The summed E-state index contributed by atoms with van der Waals surface area (Å²) in [4.78, 5) is 24.0. The fourth-order valence-electron chi connectivity index (χ4n) is 3.36. The molecule has 0 bridgehead atoms. The summed E-state index contributed by atoms with van der Waals surface area (Å²) < 4.78 is 20.2. The van der Waals surface area contributed by atoms with Gasteiger partial charge in [0.05, 0.1) is 18.7 Å². The molecule has 0 radical (unpaired) electrons. The number of aromatic nitrogens is 4. The zero-order valence-corrected chi connectivity index (χ0v) is 16.8. The number of hydrogen-bond acceptors (Lipinski definition) is 5. The van der Waals surface area contributed by atoms with Gasteiger partial charge in [0.15, 0.2) is 5.82 Å². The van der Waals surface area contributed by atoms with E-state index in [9.17, 15) is 14.0 Å². The summed E-state index contributed by atoms with van der Waals surface area (Å²) in [6, 6.07) is 1.21. The minimum absolute atomic E-state index is 0.154. The van der Waals surface area contributed by atoms with Crippen LogP contribution in [0.5, 0.6) is 0 Å². The molecule has 0 spiro atoms. The number of aromatic amines is 1. The van der Waals surface area contributed by atoms with Crippen LogP contribution in [-0.2, 0) is 23.0 Å². The molecule has 1 aliphatic rings. The van der Waals surface area contributed by atoms with E-state index in [0.29, 0.717) is 12.2 Å². The minimum Gasteiger partial charge on any atom is -0.446 e. The first-order valence-electron chi connectivity index (χ1n) is 9.74. The number of alkyl carbamates (subject to hydrolysis) is 1. The molecule has 2 heterocycles. The molecule has 0 aromatic carbocycles. The van der Waals surface area contributed by atoms with Gasteiger partial charge >= 0.3 is 6.09 Å². The summed E-state index contributed by atoms with van der Waals surface area (Å²) in [5.41, 5.74) is 1.71. The van der Waals surface area contributed by atoms with E-state index >= 15 is 0 Å². The highest BCUT2D eigenvalue weighted by molar-refractivity contribution is 5.91. The summed E-state index contributed by atoms with van der Waals surface area (Å²) in [5.74, 6) is 0.445. The molecule has 0 unspecified atom stereocenters. The molecule has 3 N–H and O–H groups in total. The Hall–Kier alpha value is -2.91. The summed E-state index contributed by atoms with van der Waals surface area (Å²) in [7, 11) is 1.80. The van der Waals surface area contributed by atoms with Crippen LogP contribution in [0.4, 0.5) is 15.0 Å². The van der Waals surface area contributed by atoms with E-state index < -0.39 is 18.3 Å². The molecule has 158 valence electrons. The third-order valence-electron chi connectivity index (χ3n) is 5.12. The van der Waals surface area contributed by atoms with Gasteiger partial charge in [-0.15, -0.1) is 0 Å². The second-order valence-corrected chi connectivity index (χ2v) is 7.60. The van der Waals surface area contributed by atoms with Crippen molar-refractivity contribution in [1.82, 2.24) is 25.3 Å². The maximum atomic E-state index is 13.2. The molecular formula is C19H27FN6O3. The van der Waals surface area contributed by atoms with Crippen LogP contribution >= 0.6 is 0 Å². The average Bonchev–Trinajstić information content (AvgIpc) is 3.36. The number of aryl methyl sites for hydroxylation is 1. The Labute approximate surface area is 168 Å². The number of ether oxygens (including phenoxy) is 1. The van der Waals surface area contributed by atoms with Crippen LogP contribution in [0.25, 0.3) is 0 Å². The molecule has 3 rings (SSSR count). The summed E-state index contributed by atoms with van der Waals surface area (Å²) in [6.07, 6.45) is 3.90. The Morgan fingerprint density at radius 2 is 2.21 bits per heavy atom. The van der Waals surface area contributed by atoms with Crippen LogP contribution in [-0.4, -0.2) is 50.3 Å². The number of amides is 2. The summed E-state index contributed by atoms with van der Waals surface area (Å²) in [5, 5.41) is 16.4. The summed E-state index contributed by atoms with van der Waals surface area (Å²) >= 11 is 0. The minimum atomic E-state index is -1.14. The molecule has 0 saturated heterocycles. The van der Waals surface area contributed by atoms with Crippen LogP contribution in [0, 0.1) is 0 Å². The number of H-pyrrole nitrogens is 1. The molecule has 2 amide bonds. The topological polar surface area (TPSA) is 114 Å². The predicted molar refractivity (Wildman–Crippen MR) is 104 cm³/mol. The maximum Gasteiger partial charge on any atom is 0.407 e. The van der Waals surface area contributed by atoms with Crippen molar-refractivity contribution in [2.24, 2.45) is 7.05 Å². The molecule has 1 aliphatic carbocycles. The molecule has 0 aliphatic heterocycles. The molecular weight excluding hydrogens is 379 g/mol. The summed E-state index contributed by atoms with van der Waals surface area (Å²) in [6.45, 7) is 2.99. The Morgan fingerprint density at radius 3 is 2.90 bits per heavy atom. The van der Waals surface area contributed by atoms with E-state index in [1.54, 1.807) is 37.1 Å². The average molecular weight is 406 g/mol. The van der Waals surface area contributed by atoms with Crippen molar-refractivity contribution in [2.45, 2.75) is 63.8 Å². The zero-order chi connectivity index (χ0) is 21.0. The van der Waals surface area contributed by atoms with E-state index in [1.807, 2.05) is 0 Å². The van der Waals surface area contributed by atoms with Gasteiger partial charge in [-0.3, -0.25) is 14.6 Å². The van der Waals surface area contributed by atoms with Gasteiger partial charge in [-0.05, 0) is 38.7 Å². The lowest BCUT2D eigenvalue weighted by Gasteiger charge is -2.17. The lowest BCUT2D eigenvalue weighted by atomic mass is 10.0. The van der Waals surface area contributed by atoms with Gasteiger partial charge in [-0.1, -0.05) is 0 Å². The molecule has 1 fully saturated rings. The molecule has 2 aromatic rings. The normalized spacial score (nSPS) is 20.8. The highest BCUT2D eigenvalue weighted by atomic mass is 19.1. The van der Waals surface area contributed by atoms with Gasteiger partial charge in [-0.2, -0.15) is 10.2 Å². The molecule has 1 saturated carbocycles. The number of rotatable bonds is 7. The number of anilines is 1. The van der Waals surface area contributed by atoms with E-state index in [-0.39, 0.29) is 24.3 Å². The number of carbonyl (C=O) groups is 2. The monoisotopic (exact) mass is 406 g/mol. The Morgan fingerprint density at radius 1 is 1.41 bits per heavy atom. The van der Waals surface area contributed by atoms with E-state index in [4.69, 9.17) is 4.74 Å². The van der Waals surface area contributed by atoms with Crippen LogP contribution in [0.1, 0.15) is 50.3 Å². The highest BCUT2D eigenvalue weighted by Gasteiger charge is 2.30. The maximum absolute atomic E-state index is 13.2. The molecule has 29 heavy (non-hydrogen) atoms. The first-order chi connectivity index (χ1) is 13.8. The second kappa shape index (κ2) is 9.06. The second-order valence-electron chi connectivity index (χ2n) is 7.60. The van der Waals surface area contributed by atoms with Crippen molar-refractivity contribution in [3.8, 4) is 0 Å². The van der Waals surface area contributed by atoms with Crippen molar-refractivity contribution < 1.29 is 18.7 Å². The third-order valence-corrected chi connectivity index (χ3v) is 5.12. The molecule has 9 nitrogen and oxygen atoms in total. The van der Waals surface area contributed by atoms with Gasteiger partial charge in [0.1, 0.15) is 12.3 Å². The lowest BCUT2D eigenvalue weighted by Crippen LogP contribution is -2.39. The number of alkyl halides is 1. The smallest absolute Gasteiger partial charge is 0.407 e. The third kappa shape index (κ3) is 5.78. The van der Waals surface area contributed by atoms with E-state index in [1.165, 1.54) is 6.92 Å². The van der Waals surface area contributed by atoms with E-state index in [0.717, 1.165) is 24.1 Å². The van der Waals surface area contributed by atoms with E-state index in [2.05, 4.69) is 25.9 Å². The van der Waals surface area contributed by atoms with Crippen molar-refractivity contribution >= 4 is 17.8 Å². The van der Waals surface area contributed by atoms with Crippen molar-refractivity contribution in [2.75, 3.05) is 5.32 Å². The van der Waals surface area contributed by atoms with Crippen molar-refractivity contribution in [3.63, 3.8) is 0 Å². The standard InChI is InChI=1S/C19H27FN6O3/c1-11(20)12(2)22-19(28)29-15-5-4-14(7-15)16-8-17(25-24-16)23-18(27)6-13-9-21-26(3)10-13/h8-12,14-15H,4-7H2,1-3H3,(H,22,28)(H2,23,24,25,27)/t11-,12-,14-,15+/m0/s1. The van der Waals surface area contributed by atoms with Gasteiger partial charge in [0, 0.05) is 30.9 Å². The molecule has 10 heteroatoms. The predicted octanol–water partition coefficient (Wildman–Crippen LogP) is 2.43. The lowest BCUT2D eigenvalue weighted by molar-refractivity contribution is -0.115. The Bertz CT molecular complexity index is 849. The number of nitrogens with one attached hydrogen (secondary N) is 3. The Balaban J connectivity index is 1.47.